The number of nitro benzene ring substituents is 2. The number of nitrogens with zero attached hydrogens (tertiary/aromatic N) is 2. The Morgan fingerprint density at radius 2 is 1.51 bits per heavy atom. The first-order valence-electron chi connectivity index (χ1n) is 12.6. The molecule has 17 heteroatoms. The second kappa shape index (κ2) is 14.6. The average molecular weight is 639 g/mol. The molecular weight excluding hydrogens is 616 g/mol. The van der Waals surface area contributed by atoms with E-state index in [9.17, 15) is 39.1 Å². The lowest BCUT2D eigenvalue weighted by atomic mass is 10.0. The largest absolute Gasteiger partial charge is 0.477 e. The average Bonchev–Trinajstić information content (AvgIpc) is 3.01. The van der Waals surface area contributed by atoms with E-state index >= 15 is 0 Å². The third-order valence-electron chi connectivity index (χ3n) is 6.06. The molecule has 0 saturated carbocycles. The lowest BCUT2D eigenvalue weighted by molar-refractivity contribution is -0.387. The molecule has 0 radical (unpaired) electrons. The Hall–Kier alpha value is -5.75. The van der Waals surface area contributed by atoms with E-state index in [-0.39, 0.29) is 34.2 Å². The molecule has 0 spiro atoms. The molecule has 0 heterocycles. The molecule has 45 heavy (non-hydrogen) atoms. The second-order valence-corrected chi connectivity index (χ2v) is 10.0. The number of nitrogens with one attached hydrogen (secondary N) is 2. The van der Waals surface area contributed by atoms with Gasteiger partial charge in [0.05, 0.1) is 31.6 Å². The number of carboxylic acid groups (broad SMARTS) is 1. The molecule has 0 saturated heterocycles. The Balaban J connectivity index is 1.42. The highest BCUT2D eigenvalue weighted by Gasteiger charge is 2.27. The SMILES string of the molecule is O=C(Nc1cccc(S(=O)Oc2cccc(NOCc3cccc([N+](=O)[O-])c3COO)c2)c1)c1cccc([N+](=O)[O-])c1C(=O)O. The topological polar surface area (TPSA) is 230 Å². The van der Waals surface area contributed by atoms with Crippen LogP contribution in [0.4, 0.5) is 22.7 Å². The molecule has 1 unspecified atom stereocenters. The number of aromatic carboxylic acids is 1. The van der Waals surface area contributed by atoms with E-state index < -0.39 is 56.2 Å². The molecule has 0 aliphatic carbocycles. The maximum atomic E-state index is 13.0. The van der Waals surface area contributed by atoms with Gasteiger partial charge in [0.15, 0.2) is 0 Å². The van der Waals surface area contributed by atoms with Crippen molar-refractivity contribution in [2.75, 3.05) is 10.8 Å². The fourth-order valence-corrected chi connectivity index (χ4v) is 4.87. The minimum atomic E-state index is -2.09. The quantitative estimate of drug-likeness (QED) is 0.0802. The van der Waals surface area contributed by atoms with Gasteiger partial charge in [-0.25, -0.2) is 13.9 Å². The van der Waals surface area contributed by atoms with Gasteiger partial charge in [0.1, 0.15) is 24.5 Å². The van der Waals surface area contributed by atoms with Crippen molar-refractivity contribution >= 4 is 45.7 Å². The summed E-state index contributed by atoms with van der Waals surface area (Å²) in [5, 5.41) is 43.2. The summed E-state index contributed by atoms with van der Waals surface area (Å²) in [6, 6.07) is 19.4. The summed E-state index contributed by atoms with van der Waals surface area (Å²) in [4.78, 5) is 55.2. The van der Waals surface area contributed by atoms with Crippen molar-refractivity contribution in [3.05, 3.63) is 127 Å². The molecule has 4 aromatic rings. The van der Waals surface area contributed by atoms with Crippen LogP contribution in [0.1, 0.15) is 31.8 Å². The Morgan fingerprint density at radius 3 is 2.22 bits per heavy atom. The molecule has 1 amide bonds. The summed E-state index contributed by atoms with van der Waals surface area (Å²) in [7, 11) is 0. The normalized spacial score (nSPS) is 11.3. The van der Waals surface area contributed by atoms with Gasteiger partial charge in [0.25, 0.3) is 17.3 Å². The standard InChI is InChI=1S/C28H22N4O12S/c33-27(22-10-4-12-25(32(38)39)26(22)28(34)35)29-18-6-3-9-21(14-18)45(41)44-20-8-2-7-19(13-20)30-42-15-17-5-1-11-24(31(36)37)23(17)16-43-40/h1-14,30,40H,15-16H2,(H,29,33)(H,34,35). The van der Waals surface area contributed by atoms with Gasteiger partial charge in [-0.05, 0) is 42.0 Å². The maximum absolute atomic E-state index is 13.0. The van der Waals surface area contributed by atoms with Gasteiger partial charge < -0.3 is 14.6 Å². The molecule has 0 aliphatic rings. The zero-order valence-corrected chi connectivity index (χ0v) is 23.6. The number of carbonyl (C=O) groups excluding carboxylic acids is 1. The van der Waals surface area contributed by atoms with E-state index in [0.29, 0.717) is 11.3 Å². The number of anilines is 2. The number of benzene rings is 4. The predicted molar refractivity (Wildman–Crippen MR) is 157 cm³/mol. The van der Waals surface area contributed by atoms with Crippen LogP contribution in [0.3, 0.4) is 0 Å². The lowest BCUT2D eigenvalue weighted by Gasteiger charge is -2.12. The first-order chi connectivity index (χ1) is 21.6. The number of rotatable bonds is 14. The summed E-state index contributed by atoms with van der Waals surface area (Å²) < 4.78 is 18.5. The smallest absolute Gasteiger partial charge is 0.343 e. The summed E-state index contributed by atoms with van der Waals surface area (Å²) in [6.45, 7) is -0.561. The van der Waals surface area contributed by atoms with Gasteiger partial charge in [-0.1, -0.05) is 30.3 Å². The van der Waals surface area contributed by atoms with Gasteiger partial charge in [-0.15, -0.1) is 0 Å². The molecule has 0 aliphatic heterocycles. The van der Waals surface area contributed by atoms with E-state index in [2.05, 4.69) is 15.7 Å². The van der Waals surface area contributed by atoms with Crippen molar-refractivity contribution in [3.63, 3.8) is 0 Å². The van der Waals surface area contributed by atoms with Crippen LogP contribution in [0.5, 0.6) is 5.75 Å². The van der Waals surface area contributed by atoms with Crippen LogP contribution in [0.15, 0.2) is 89.8 Å². The van der Waals surface area contributed by atoms with Gasteiger partial charge in [-0.3, -0.25) is 40.6 Å². The summed E-state index contributed by atoms with van der Waals surface area (Å²) >= 11 is -2.09. The monoisotopic (exact) mass is 638 g/mol. The van der Waals surface area contributed by atoms with Crippen molar-refractivity contribution in [1.82, 2.24) is 0 Å². The second-order valence-electron chi connectivity index (χ2n) is 8.93. The number of hydrogen-bond acceptors (Lipinski definition) is 12. The summed E-state index contributed by atoms with van der Waals surface area (Å²) in [6.07, 6.45) is 0. The third kappa shape index (κ3) is 8.00. The third-order valence-corrected chi connectivity index (χ3v) is 7.04. The number of nitro groups is 2. The van der Waals surface area contributed by atoms with Crippen molar-refractivity contribution in [3.8, 4) is 5.75 Å². The van der Waals surface area contributed by atoms with Crippen molar-refractivity contribution in [1.29, 1.82) is 0 Å². The van der Waals surface area contributed by atoms with E-state index in [1.54, 1.807) is 18.2 Å². The highest BCUT2D eigenvalue weighted by Crippen LogP contribution is 2.26. The lowest BCUT2D eigenvalue weighted by Crippen LogP contribution is -2.18. The van der Waals surface area contributed by atoms with Gasteiger partial charge in [-0.2, -0.15) is 0 Å². The highest BCUT2D eigenvalue weighted by atomic mass is 32.2. The summed E-state index contributed by atoms with van der Waals surface area (Å²) in [5.41, 5.74) is 1.46. The fraction of sp³-hybridized carbons (Fsp3) is 0.0714. The minimum absolute atomic E-state index is 0.119. The zero-order valence-electron chi connectivity index (χ0n) is 22.8. The van der Waals surface area contributed by atoms with Gasteiger partial charge in [0.2, 0.25) is 11.1 Å². The van der Waals surface area contributed by atoms with Crippen molar-refractivity contribution in [2.24, 2.45) is 0 Å². The van der Waals surface area contributed by atoms with Crippen LogP contribution in [0.25, 0.3) is 0 Å². The number of hydrogen-bond donors (Lipinski definition) is 4. The summed E-state index contributed by atoms with van der Waals surface area (Å²) in [5.74, 6) is -2.42. The van der Waals surface area contributed by atoms with E-state index in [1.165, 1.54) is 54.6 Å². The highest BCUT2D eigenvalue weighted by molar-refractivity contribution is 7.80. The Kier molecular flexibility index (Phi) is 10.5. The molecule has 4 rings (SSSR count). The van der Waals surface area contributed by atoms with Crippen LogP contribution >= 0.6 is 0 Å². The molecule has 1 atom stereocenters. The minimum Gasteiger partial charge on any atom is -0.477 e. The number of amides is 1. The molecule has 4 N–H and O–H groups in total. The van der Waals surface area contributed by atoms with Crippen LogP contribution in [0, 0.1) is 20.2 Å². The Bertz CT molecular complexity index is 1800. The zero-order chi connectivity index (χ0) is 32.5. The van der Waals surface area contributed by atoms with Crippen LogP contribution in [-0.2, 0) is 34.0 Å². The first kappa shape index (κ1) is 32.2. The maximum Gasteiger partial charge on any atom is 0.343 e. The van der Waals surface area contributed by atoms with Crippen molar-refractivity contribution in [2.45, 2.75) is 18.1 Å². The molecule has 0 bridgehead atoms. The number of carboxylic acids is 1. The van der Waals surface area contributed by atoms with Gasteiger partial charge in [0, 0.05) is 23.9 Å². The Morgan fingerprint density at radius 1 is 0.844 bits per heavy atom. The Labute approximate surface area is 255 Å². The van der Waals surface area contributed by atoms with Gasteiger partial charge >= 0.3 is 5.97 Å². The predicted octanol–water partition coefficient (Wildman–Crippen LogP) is 5.09. The van der Waals surface area contributed by atoms with Crippen LogP contribution in [0.2, 0.25) is 0 Å². The molecule has 0 aromatic heterocycles. The first-order valence-corrected chi connectivity index (χ1v) is 13.7. The van der Waals surface area contributed by atoms with E-state index in [0.717, 1.165) is 12.1 Å². The molecular formula is C28H22N4O12S. The van der Waals surface area contributed by atoms with Crippen LogP contribution < -0.4 is 15.0 Å². The van der Waals surface area contributed by atoms with E-state index in [4.69, 9.17) is 14.3 Å². The fourth-order valence-electron chi connectivity index (χ4n) is 4.08. The van der Waals surface area contributed by atoms with E-state index in [1.807, 2.05) is 0 Å². The molecule has 16 nitrogen and oxygen atoms in total. The van der Waals surface area contributed by atoms with Crippen LogP contribution in [-0.4, -0.2) is 36.3 Å². The molecule has 232 valence electrons. The number of carbonyl (C=O) groups is 2. The van der Waals surface area contributed by atoms with Crippen molar-refractivity contribution < 1.29 is 47.9 Å². The molecule has 0 fully saturated rings. The molecule has 4 aromatic carbocycles.